The van der Waals surface area contributed by atoms with Crippen molar-refractivity contribution in [3.8, 4) is 11.5 Å². The van der Waals surface area contributed by atoms with Crippen LogP contribution in [-0.4, -0.2) is 19.7 Å². The number of halogens is 1. The summed E-state index contributed by atoms with van der Waals surface area (Å²) in [7, 11) is -2.09. The van der Waals surface area contributed by atoms with Crippen LogP contribution in [0.2, 0.25) is 21.6 Å². The minimum absolute atomic E-state index is 0.0450. The predicted octanol–water partition coefficient (Wildman–Crippen LogP) is 5.98. The van der Waals surface area contributed by atoms with E-state index in [-0.39, 0.29) is 16.7 Å². The lowest BCUT2D eigenvalue weighted by atomic mass is 10.0. The van der Waals surface area contributed by atoms with Crippen LogP contribution in [0, 0.1) is 5.92 Å². The Kier molecular flexibility index (Phi) is 7.36. The SMILES string of the molecule is CC(C=O)Cc1cc(O[Si](C(C)C)(C(C)C)C(C)C)cc(Cl)c1O. The molecule has 1 N–H and O–H groups in total. The second kappa shape index (κ2) is 8.39. The number of aromatic hydroxyl groups is 1. The molecule has 0 saturated carbocycles. The minimum Gasteiger partial charge on any atom is -0.543 e. The summed E-state index contributed by atoms with van der Waals surface area (Å²) >= 11 is 6.21. The summed E-state index contributed by atoms with van der Waals surface area (Å²) in [5.74, 6) is 0.571. The molecule has 1 aromatic carbocycles. The highest BCUT2D eigenvalue weighted by atomic mass is 35.5. The van der Waals surface area contributed by atoms with Crippen molar-refractivity contribution in [1.29, 1.82) is 0 Å². The second-order valence-corrected chi connectivity index (χ2v) is 13.4. The summed E-state index contributed by atoms with van der Waals surface area (Å²) < 4.78 is 6.63. The molecule has 0 amide bonds. The van der Waals surface area contributed by atoms with E-state index in [1.54, 1.807) is 6.07 Å². The molecule has 0 saturated heterocycles. The maximum absolute atomic E-state index is 10.9. The summed E-state index contributed by atoms with van der Waals surface area (Å²) in [6.07, 6.45) is 1.34. The van der Waals surface area contributed by atoms with Gasteiger partial charge in [-0.3, -0.25) is 0 Å². The molecular weight excluding hydrogens is 340 g/mol. The summed E-state index contributed by atoms with van der Waals surface area (Å²) in [6.45, 7) is 15.2. The van der Waals surface area contributed by atoms with Gasteiger partial charge in [0.2, 0.25) is 0 Å². The van der Waals surface area contributed by atoms with E-state index in [9.17, 15) is 9.90 Å². The van der Waals surface area contributed by atoms with Crippen molar-refractivity contribution < 1.29 is 14.3 Å². The third kappa shape index (κ3) is 4.34. The highest BCUT2D eigenvalue weighted by molar-refractivity contribution is 6.78. The molecule has 136 valence electrons. The van der Waals surface area contributed by atoms with Gasteiger partial charge in [-0.15, -0.1) is 0 Å². The molecule has 1 atom stereocenters. The molecule has 1 aromatic rings. The number of rotatable bonds is 8. The molecule has 0 aliphatic rings. The van der Waals surface area contributed by atoms with Gasteiger partial charge < -0.3 is 14.3 Å². The Morgan fingerprint density at radius 3 is 2.00 bits per heavy atom. The average Bonchev–Trinajstić information content (AvgIpc) is 2.48. The van der Waals surface area contributed by atoms with E-state index in [2.05, 4.69) is 41.5 Å². The maximum atomic E-state index is 10.9. The third-order valence-electron chi connectivity index (χ3n) is 4.89. The Bertz CT molecular complexity index is 548. The van der Waals surface area contributed by atoms with Gasteiger partial charge in [0, 0.05) is 12.0 Å². The topological polar surface area (TPSA) is 46.5 Å². The van der Waals surface area contributed by atoms with Gasteiger partial charge in [-0.1, -0.05) is 60.1 Å². The van der Waals surface area contributed by atoms with E-state index in [0.717, 1.165) is 6.29 Å². The van der Waals surface area contributed by atoms with Crippen LogP contribution < -0.4 is 4.43 Å². The zero-order valence-corrected chi connectivity index (χ0v) is 17.6. The molecule has 1 unspecified atom stereocenters. The van der Waals surface area contributed by atoms with Crippen LogP contribution in [0.3, 0.4) is 0 Å². The van der Waals surface area contributed by atoms with Gasteiger partial charge >= 0.3 is 0 Å². The Balaban J connectivity index is 3.32. The molecule has 0 radical (unpaired) electrons. The van der Waals surface area contributed by atoms with E-state index < -0.39 is 8.32 Å². The molecule has 1 rings (SSSR count). The number of hydrogen-bond acceptors (Lipinski definition) is 3. The van der Waals surface area contributed by atoms with Crippen LogP contribution in [0.1, 0.15) is 54.0 Å². The van der Waals surface area contributed by atoms with Crippen molar-refractivity contribution >= 4 is 26.2 Å². The molecule has 0 bridgehead atoms. The normalized spacial score (nSPS) is 13.6. The van der Waals surface area contributed by atoms with E-state index in [0.29, 0.717) is 34.4 Å². The van der Waals surface area contributed by atoms with E-state index in [1.165, 1.54) is 0 Å². The zero-order valence-electron chi connectivity index (χ0n) is 15.9. The minimum atomic E-state index is -2.09. The van der Waals surface area contributed by atoms with Gasteiger partial charge in [0.15, 0.2) is 0 Å². The van der Waals surface area contributed by atoms with Crippen molar-refractivity contribution in [3.05, 3.63) is 22.7 Å². The number of benzene rings is 1. The number of phenols is 1. The molecule has 0 spiro atoms. The van der Waals surface area contributed by atoms with Crippen molar-refractivity contribution in [1.82, 2.24) is 0 Å². The average molecular weight is 371 g/mol. The molecule has 5 heteroatoms. The van der Waals surface area contributed by atoms with Crippen molar-refractivity contribution in [2.24, 2.45) is 5.92 Å². The van der Waals surface area contributed by atoms with E-state index in [4.69, 9.17) is 16.0 Å². The van der Waals surface area contributed by atoms with Gasteiger partial charge in [-0.2, -0.15) is 0 Å². The fourth-order valence-corrected chi connectivity index (χ4v) is 9.26. The fourth-order valence-electron chi connectivity index (χ4n) is 3.80. The lowest BCUT2D eigenvalue weighted by molar-refractivity contribution is -0.110. The van der Waals surface area contributed by atoms with Crippen molar-refractivity contribution in [2.75, 3.05) is 0 Å². The Morgan fingerprint density at radius 2 is 1.58 bits per heavy atom. The molecule has 0 heterocycles. The maximum Gasteiger partial charge on any atom is 0.258 e. The van der Waals surface area contributed by atoms with Crippen LogP contribution in [0.25, 0.3) is 0 Å². The highest BCUT2D eigenvalue weighted by Gasteiger charge is 2.47. The monoisotopic (exact) mass is 370 g/mol. The molecule has 3 nitrogen and oxygen atoms in total. The molecular formula is C19H31ClO3Si. The van der Waals surface area contributed by atoms with Gasteiger partial charge in [0.25, 0.3) is 8.32 Å². The molecule has 0 fully saturated rings. The van der Waals surface area contributed by atoms with Crippen LogP contribution in [0.5, 0.6) is 11.5 Å². The number of carbonyl (C=O) groups is 1. The lowest BCUT2D eigenvalue weighted by Gasteiger charge is -2.42. The first-order chi connectivity index (χ1) is 11.1. The molecule has 0 aliphatic carbocycles. The van der Waals surface area contributed by atoms with Gasteiger partial charge in [-0.25, -0.2) is 0 Å². The molecule has 0 aliphatic heterocycles. The zero-order chi connectivity index (χ0) is 18.7. The van der Waals surface area contributed by atoms with E-state index in [1.807, 2.05) is 13.0 Å². The lowest BCUT2D eigenvalue weighted by Crippen LogP contribution is -2.50. The predicted molar refractivity (Wildman–Crippen MR) is 104 cm³/mol. The van der Waals surface area contributed by atoms with Crippen LogP contribution in [0.15, 0.2) is 12.1 Å². The standard InChI is InChI=1S/C19H31ClO3Si/c1-12(2)24(13(3)4,14(5)6)23-17-9-16(8-15(7)11-21)19(22)18(20)10-17/h9-15,22H,8H2,1-7H3. The largest absolute Gasteiger partial charge is 0.543 e. The summed E-state index contributed by atoms with van der Waals surface area (Å²) in [4.78, 5) is 10.9. The third-order valence-corrected chi connectivity index (χ3v) is 11.2. The number of aldehydes is 1. The van der Waals surface area contributed by atoms with Crippen molar-refractivity contribution in [3.63, 3.8) is 0 Å². The van der Waals surface area contributed by atoms with Crippen molar-refractivity contribution in [2.45, 2.75) is 71.5 Å². The Labute approximate surface area is 152 Å². The first-order valence-corrected chi connectivity index (χ1v) is 11.2. The smallest absolute Gasteiger partial charge is 0.258 e. The van der Waals surface area contributed by atoms with Gasteiger partial charge in [0.05, 0.1) is 5.02 Å². The van der Waals surface area contributed by atoms with Crippen LogP contribution in [0.4, 0.5) is 0 Å². The Morgan fingerprint density at radius 1 is 1.08 bits per heavy atom. The molecule has 24 heavy (non-hydrogen) atoms. The number of carbonyl (C=O) groups excluding carboxylic acids is 1. The Hall–Kier alpha value is -1.00. The molecule has 0 aromatic heterocycles. The number of phenolic OH excluding ortho intramolecular Hbond substituents is 1. The fraction of sp³-hybridized carbons (Fsp3) is 0.632. The number of hydrogen-bond donors (Lipinski definition) is 1. The van der Waals surface area contributed by atoms with Gasteiger partial charge in [0.1, 0.15) is 17.8 Å². The first-order valence-electron chi connectivity index (χ1n) is 8.71. The summed E-state index contributed by atoms with van der Waals surface area (Å²) in [6, 6.07) is 3.54. The summed E-state index contributed by atoms with van der Waals surface area (Å²) in [5, 5.41) is 10.5. The van der Waals surface area contributed by atoms with Gasteiger partial charge in [-0.05, 0) is 34.7 Å². The van der Waals surface area contributed by atoms with Crippen LogP contribution in [-0.2, 0) is 11.2 Å². The highest BCUT2D eigenvalue weighted by Crippen LogP contribution is 2.44. The summed E-state index contributed by atoms with van der Waals surface area (Å²) in [5.41, 5.74) is 2.00. The van der Waals surface area contributed by atoms with E-state index >= 15 is 0 Å². The quantitative estimate of drug-likeness (QED) is 0.452. The first kappa shape index (κ1) is 21.0. The second-order valence-electron chi connectivity index (χ2n) is 7.65. The van der Waals surface area contributed by atoms with Crippen LogP contribution >= 0.6 is 11.6 Å².